The molecular formula is C11H15BrN2O2S. The number of hydrogen-bond acceptors (Lipinski definition) is 4. The lowest BCUT2D eigenvalue weighted by molar-refractivity contribution is 0.0934. The van der Waals surface area contributed by atoms with E-state index in [0.29, 0.717) is 16.6 Å². The molecule has 1 unspecified atom stereocenters. The summed E-state index contributed by atoms with van der Waals surface area (Å²) in [5.74, 6) is 0.613. The van der Waals surface area contributed by atoms with Crippen LogP contribution >= 0.6 is 27.7 Å². The summed E-state index contributed by atoms with van der Waals surface area (Å²) in [5.41, 5.74) is 0.511. The predicted octanol–water partition coefficient (Wildman–Crippen LogP) is 1.69. The van der Waals surface area contributed by atoms with Crippen LogP contribution in [0, 0.1) is 0 Å². The monoisotopic (exact) mass is 318 g/mol. The van der Waals surface area contributed by atoms with E-state index in [4.69, 9.17) is 5.11 Å². The number of carbonyl (C=O) groups excluding carboxylic acids is 1. The number of aliphatic hydroxyl groups excluding tert-OH is 1. The Morgan fingerprint density at radius 2 is 2.47 bits per heavy atom. The van der Waals surface area contributed by atoms with Gasteiger partial charge in [-0.25, -0.2) is 4.98 Å². The minimum Gasteiger partial charge on any atom is -0.396 e. The SMILES string of the molecule is CSCC(CCO)NC(=O)c1cccnc1Br. The maximum Gasteiger partial charge on any atom is 0.254 e. The number of pyridine rings is 1. The predicted molar refractivity (Wildman–Crippen MR) is 73.3 cm³/mol. The van der Waals surface area contributed by atoms with Crippen LogP contribution in [-0.4, -0.2) is 40.7 Å². The molecule has 1 atom stereocenters. The number of amides is 1. The molecule has 0 aromatic carbocycles. The third kappa shape index (κ3) is 4.65. The van der Waals surface area contributed by atoms with Gasteiger partial charge in [0.25, 0.3) is 5.91 Å². The van der Waals surface area contributed by atoms with E-state index in [0.717, 1.165) is 5.75 Å². The van der Waals surface area contributed by atoms with Crippen LogP contribution in [0.15, 0.2) is 22.9 Å². The number of halogens is 1. The molecule has 1 aromatic rings. The van der Waals surface area contributed by atoms with Crippen LogP contribution in [0.3, 0.4) is 0 Å². The third-order valence-corrected chi connectivity index (χ3v) is 3.55. The highest BCUT2D eigenvalue weighted by Gasteiger charge is 2.15. The van der Waals surface area contributed by atoms with Crippen molar-refractivity contribution in [1.29, 1.82) is 0 Å². The lowest BCUT2D eigenvalue weighted by Crippen LogP contribution is -2.37. The van der Waals surface area contributed by atoms with Gasteiger partial charge in [-0.15, -0.1) is 0 Å². The summed E-state index contributed by atoms with van der Waals surface area (Å²) in [5, 5.41) is 11.8. The molecule has 0 aliphatic heterocycles. The first-order valence-electron chi connectivity index (χ1n) is 5.20. The van der Waals surface area contributed by atoms with Crippen LogP contribution in [0.1, 0.15) is 16.8 Å². The van der Waals surface area contributed by atoms with Crippen LogP contribution < -0.4 is 5.32 Å². The van der Waals surface area contributed by atoms with E-state index in [9.17, 15) is 4.79 Å². The summed E-state index contributed by atoms with van der Waals surface area (Å²) in [4.78, 5) is 16.0. The molecule has 0 saturated carbocycles. The van der Waals surface area contributed by atoms with Crippen molar-refractivity contribution in [3.05, 3.63) is 28.5 Å². The van der Waals surface area contributed by atoms with Gasteiger partial charge in [-0.2, -0.15) is 11.8 Å². The second kappa shape index (κ2) is 7.68. The normalized spacial score (nSPS) is 12.2. The molecule has 1 aromatic heterocycles. The molecular weight excluding hydrogens is 304 g/mol. The largest absolute Gasteiger partial charge is 0.396 e. The van der Waals surface area contributed by atoms with Crippen molar-refractivity contribution in [2.75, 3.05) is 18.6 Å². The number of nitrogens with zero attached hydrogens (tertiary/aromatic N) is 1. The van der Waals surface area contributed by atoms with E-state index in [1.165, 1.54) is 0 Å². The van der Waals surface area contributed by atoms with Gasteiger partial charge in [0.15, 0.2) is 0 Å². The van der Waals surface area contributed by atoms with Crippen molar-refractivity contribution in [1.82, 2.24) is 10.3 Å². The number of nitrogens with one attached hydrogen (secondary N) is 1. The van der Waals surface area contributed by atoms with Crippen molar-refractivity contribution < 1.29 is 9.90 Å². The Morgan fingerprint density at radius 3 is 3.06 bits per heavy atom. The first-order chi connectivity index (χ1) is 8.19. The Labute approximate surface area is 113 Å². The summed E-state index contributed by atoms with van der Waals surface area (Å²) < 4.78 is 0.532. The van der Waals surface area contributed by atoms with Gasteiger partial charge >= 0.3 is 0 Å². The van der Waals surface area contributed by atoms with E-state index < -0.39 is 0 Å². The van der Waals surface area contributed by atoms with Crippen molar-refractivity contribution in [3.8, 4) is 0 Å². The zero-order valence-electron chi connectivity index (χ0n) is 9.52. The van der Waals surface area contributed by atoms with Crippen LogP contribution in [0.2, 0.25) is 0 Å². The standard InChI is InChI=1S/C11H15BrN2O2S/c1-17-7-8(4-6-15)14-11(16)9-3-2-5-13-10(9)12/h2-3,5,8,15H,4,6-7H2,1H3,(H,14,16). The average molecular weight is 319 g/mol. The minimum atomic E-state index is -0.169. The first kappa shape index (κ1) is 14.5. The van der Waals surface area contributed by atoms with Gasteiger partial charge in [0, 0.05) is 24.6 Å². The molecule has 0 saturated heterocycles. The van der Waals surface area contributed by atoms with Crippen molar-refractivity contribution in [3.63, 3.8) is 0 Å². The minimum absolute atomic E-state index is 0.0189. The molecule has 0 fully saturated rings. The average Bonchev–Trinajstić information content (AvgIpc) is 2.30. The number of rotatable bonds is 6. The highest BCUT2D eigenvalue weighted by Crippen LogP contribution is 2.13. The fraction of sp³-hybridized carbons (Fsp3) is 0.455. The van der Waals surface area contributed by atoms with E-state index in [1.807, 2.05) is 6.26 Å². The van der Waals surface area contributed by atoms with Gasteiger partial charge in [0.2, 0.25) is 0 Å². The van der Waals surface area contributed by atoms with Crippen molar-refractivity contribution in [2.45, 2.75) is 12.5 Å². The van der Waals surface area contributed by atoms with Crippen LogP contribution in [-0.2, 0) is 0 Å². The van der Waals surface area contributed by atoms with Crippen molar-refractivity contribution in [2.24, 2.45) is 0 Å². The zero-order valence-corrected chi connectivity index (χ0v) is 11.9. The van der Waals surface area contributed by atoms with Crippen molar-refractivity contribution >= 4 is 33.6 Å². The second-order valence-electron chi connectivity index (χ2n) is 3.48. The van der Waals surface area contributed by atoms with Gasteiger partial charge in [-0.3, -0.25) is 4.79 Å². The molecule has 0 bridgehead atoms. The number of aliphatic hydroxyl groups is 1. The van der Waals surface area contributed by atoms with Gasteiger partial charge < -0.3 is 10.4 Å². The summed E-state index contributed by atoms with van der Waals surface area (Å²) in [7, 11) is 0. The molecule has 17 heavy (non-hydrogen) atoms. The zero-order chi connectivity index (χ0) is 12.7. The first-order valence-corrected chi connectivity index (χ1v) is 7.39. The van der Waals surface area contributed by atoms with Crippen LogP contribution in [0.4, 0.5) is 0 Å². The van der Waals surface area contributed by atoms with E-state index >= 15 is 0 Å². The molecule has 1 amide bonds. The molecule has 0 spiro atoms. The fourth-order valence-corrected chi connectivity index (χ4v) is 2.46. The number of aromatic nitrogens is 1. The molecule has 94 valence electrons. The highest BCUT2D eigenvalue weighted by molar-refractivity contribution is 9.10. The Bertz CT molecular complexity index is 370. The molecule has 6 heteroatoms. The van der Waals surface area contributed by atoms with Gasteiger partial charge in [0.1, 0.15) is 4.60 Å². The summed E-state index contributed by atoms with van der Waals surface area (Å²) >= 11 is 4.88. The lowest BCUT2D eigenvalue weighted by atomic mass is 10.2. The topological polar surface area (TPSA) is 62.2 Å². The Hall–Kier alpha value is -0.590. The van der Waals surface area contributed by atoms with Gasteiger partial charge in [-0.1, -0.05) is 0 Å². The Morgan fingerprint density at radius 1 is 1.71 bits per heavy atom. The molecule has 4 nitrogen and oxygen atoms in total. The number of thioether (sulfide) groups is 1. The van der Waals surface area contributed by atoms with Gasteiger partial charge in [0.05, 0.1) is 5.56 Å². The summed E-state index contributed by atoms with van der Waals surface area (Å²) in [6.07, 6.45) is 4.15. The molecule has 0 aliphatic rings. The second-order valence-corrected chi connectivity index (χ2v) is 5.14. The van der Waals surface area contributed by atoms with Gasteiger partial charge in [-0.05, 0) is 40.7 Å². The quantitative estimate of drug-likeness (QED) is 0.783. The van der Waals surface area contributed by atoms with E-state index in [2.05, 4.69) is 26.2 Å². The Kier molecular flexibility index (Phi) is 6.54. The highest BCUT2D eigenvalue weighted by atomic mass is 79.9. The lowest BCUT2D eigenvalue weighted by Gasteiger charge is -2.16. The maximum atomic E-state index is 12.0. The molecule has 0 aliphatic carbocycles. The van der Waals surface area contributed by atoms with Crippen LogP contribution in [0.25, 0.3) is 0 Å². The molecule has 1 rings (SSSR count). The summed E-state index contributed by atoms with van der Waals surface area (Å²) in [6, 6.07) is 3.41. The number of hydrogen-bond donors (Lipinski definition) is 2. The molecule has 1 heterocycles. The molecule has 2 N–H and O–H groups in total. The summed E-state index contributed by atoms with van der Waals surface area (Å²) in [6.45, 7) is 0.0692. The van der Waals surface area contributed by atoms with Crippen LogP contribution in [0.5, 0.6) is 0 Å². The smallest absolute Gasteiger partial charge is 0.254 e. The maximum absolute atomic E-state index is 12.0. The van der Waals surface area contributed by atoms with E-state index in [1.54, 1.807) is 30.1 Å². The number of carbonyl (C=O) groups is 1. The Balaban J connectivity index is 2.67. The fourth-order valence-electron chi connectivity index (χ4n) is 1.37. The molecule has 0 radical (unpaired) electrons. The van der Waals surface area contributed by atoms with E-state index in [-0.39, 0.29) is 18.6 Å². The third-order valence-electron chi connectivity index (χ3n) is 2.18.